The second-order valence-electron chi connectivity index (χ2n) is 6.02. The normalized spacial score (nSPS) is 11.3. The Kier molecular flexibility index (Phi) is 7.24. The molecule has 0 radical (unpaired) electrons. The molecule has 0 spiro atoms. The van der Waals surface area contributed by atoms with Gasteiger partial charge in [-0.2, -0.15) is 5.48 Å². The summed E-state index contributed by atoms with van der Waals surface area (Å²) in [5.74, 6) is 0.918. The third-order valence-electron chi connectivity index (χ3n) is 4.11. The van der Waals surface area contributed by atoms with Gasteiger partial charge in [0.2, 0.25) is 0 Å². The first-order valence-corrected chi connectivity index (χ1v) is 10.3. The van der Waals surface area contributed by atoms with Gasteiger partial charge in [0.1, 0.15) is 11.5 Å². The number of halogens is 1. The van der Waals surface area contributed by atoms with Gasteiger partial charge in [-0.05, 0) is 30.3 Å². The van der Waals surface area contributed by atoms with Crippen LogP contribution < -0.4 is 10.4 Å². The lowest BCUT2D eigenvalue weighted by Crippen LogP contribution is -2.73. The molecule has 0 aliphatic rings. The van der Waals surface area contributed by atoms with Crippen molar-refractivity contribution >= 4 is 63.6 Å². The van der Waals surface area contributed by atoms with E-state index in [2.05, 4.69) is 0 Å². The fourth-order valence-electron chi connectivity index (χ4n) is 2.65. The van der Waals surface area contributed by atoms with E-state index < -0.39 is 0 Å². The maximum absolute atomic E-state index is 13.0. The zero-order valence-electron chi connectivity index (χ0n) is 15.4. The Labute approximate surface area is 182 Å². The Morgan fingerprint density at radius 3 is 2.72 bits per heavy atom. The predicted molar refractivity (Wildman–Crippen MR) is 122 cm³/mol. The first-order valence-electron chi connectivity index (χ1n) is 8.55. The van der Waals surface area contributed by atoms with E-state index in [9.17, 15) is 10.0 Å². The number of thioether (sulfide) groups is 1. The molecule has 2 aromatic carbocycles. The first-order chi connectivity index (χ1) is 14.0. The fourth-order valence-corrected chi connectivity index (χ4v) is 3.67. The van der Waals surface area contributed by atoms with Crippen LogP contribution in [0, 0.1) is 0 Å². The zero-order valence-corrected chi connectivity index (χ0v) is 17.8. The van der Waals surface area contributed by atoms with Crippen LogP contribution in [0.3, 0.4) is 0 Å². The molecular weight excluding hydrogens is 428 g/mol. The van der Waals surface area contributed by atoms with E-state index in [0.717, 1.165) is 22.8 Å². The van der Waals surface area contributed by atoms with Crippen molar-refractivity contribution in [2.45, 2.75) is 0 Å². The van der Waals surface area contributed by atoms with Crippen molar-refractivity contribution in [2.24, 2.45) is 0 Å². The fraction of sp³-hybridized carbons (Fsp3) is 0.0476. The van der Waals surface area contributed by atoms with Crippen LogP contribution in [0.5, 0.6) is 0 Å². The summed E-state index contributed by atoms with van der Waals surface area (Å²) in [6, 6.07) is 17.9. The average molecular weight is 446 g/mol. The van der Waals surface area contributed by atoms with E-state index in [1.54, 1.807) is 55.6 Å². The molecule has 8 heteroatoms. The number of rotatable bonds is 7. The molecule has 1 amide bonds. The Morgan fingerprint density at radius 1 is 1.21 bits per heavy atom. The summed E-state index contributed by atoms with van der Waals surface area (Å²) in [7, 11) is 1.68. The van der Waals surface area contributed by atoms with Gasteiger partial charge in [0, 0.05) is 46.2 Å². The lowest BCUT2D eigenvalue weighted by molar-refractivity contribution is -0.825. The molecule has 0 aliphatic heterocycles. The van der Waals surface area contributed by atoms with Crippen LogP contribution in [-0.4, -0.2) is 22.9 Å². The van der Waals surface area contributed by atoms with Crippen LogP contribution in [0.4, 0.5) is 11.4 Å². The Balaban J connectivity index is 1.88. The van der Waals surface area contributed by atoms with Gasteiger partial charge in [-0.3, -0.25) is 4.79 Å². The van der Waals surface area contributed by atoms with Crippen molar-refractivity contribution in [3.63, 3.8) is 0 Å². The highest BCUT2D eigenvalue weighted by Gasteiger charge is 2.18. The highest BCUT2D eigenvalue weighted by molar-refractivity contribution is 8.24. The number of nitrogens with two attached hydrogens (primary N) is 1. The number of carbonyl (C=O) groups is 1. The predicted octanol–water partition coefficient (Wildman–Crippen LogP) is 4.88. The number of hydrogen-bond donors (Lipinski definition) is 2. The maximum Gasteiger partial charge on any atom is 0.264 e. The number of carbonyl (C=O) groups excluding carboxylic acids is 1. The van der Waals surface area contributed by atoms with Crippen LogP contribution in [0.1, 0.15) is 5.76 Å². The number of likely N-dealkylation sites (N-methyl/N-ethyl adjacent to an activating group) is 1. The summed E-state index contributed by atoms with van der Waals surface area (Å²) in [6.45, 7) is 0. The quantitative estimate of drug-likeness (QED) is 0.235. The van der Waals surface area contributed by atoms with Crippen LogP contribution in [0.2, 0.25) is 5.02 Å². The van der Waals surface area contributed by atoms with E-state index >= 15 is 0 Å². The smallest absolute Gasteiger partial charge is 0.264 e. The van der Waals surface area contributed by atoms with E-state index in [4.69, 9.17) is 28.2 Å². The van der Waals surface area contributed by atoms with Crippen molar-refractivity contribution in [3.05, 3.63) is 76.4 Å². The second-order valence-corrected chi connectivity index (χ2v) is 7.91. The third-order valence-corrected chi connectivity index (χ3v) is 5.27. The van der Waals surface area contributed by atoms with Gasteiger partial charge in [-0.15, -0.1) is 0 Å². The van der Waals surface area contributed by atoms with Crippen molar-refractivity contribution in [3.8, 4) is 11.3 Å². The van der Waals surface area contributed by atoms with Crippen LogP contribution in [0.25, 0.3) is 17.4 Å². The van der Waals surface area contributed by atoms with Crippen molar-refractivity contribution in [1.29, 1.82) is 0 Å². The van der Waals surface area contributed by atoms with Crippen molar-refractivity contribution in [1.82, 2.24) is 0 Å². The van der Waals surface area contributed by atoms with Gasteiger partial charge in [0.15, 0.2) is 5.69 Å². The summed E-state index contributed by atoms with van der Waals surface area (Å²) in [4.78, 5) is 14.9. The molecule has 29 heavy (non-hydrogen) atoms. The summed E-state index contributed by atoms with van der Waals surface area (Å²) in [6.07, 6.45) is 1.66. The molecule has 3 N–H and O–H groups in total. The maximum atomic E-state index is 13.0. The number of quaternary nitrogens is 1. The summed E-state index contributed by atoms with van der Waals surface area (Å²) < 4.78 is 7.31. The van der Waals surface area contributed by atoms with Gasteiger partial charge in [0.05, 0.1) is 4.91 Å². The lowest BCUT2D eigenvalue weighted by atomic mass is 10.1. The van der Waals surface area contributed by atoms with Gasteiger partial charge < -0.3 is 9.32 Å². The highest BCUT2D eigenvalue weighted by atomic mass is 35.5. The Bertz CT molecular complexity index is 1070. The second kappa shape index (κ2) is 9.87. The van der Waals surface area contributed by atoms with Gasteiger partial charge in [-0.25, -0.2) is 5.21 Å². The van der Waals surface area contributed by atoms with E-state index in [0.29, 0.717) is 32.8 Å². The van der Waals surface area contributed by atoms with Gasteiger partial charge in [0.25, 0.3) is 5.91 Å². The van der Waals surface area contributed by atoms with Gasteiger partial charge >= 0.3 is 0 Å². The SMILES string of the molecule is CN(C(=O)/C(=C\c1ccc(-c2cccc([NH2+]O)c2)o1)SC=S)c1cccc(Cl)c1. The Hall–Kier alpha value is -2.42. The zero-order chi connectivity index (χ0) is 20.8. The molecule has 0 fully saturated rings. The molecule has 0 saturated heterocycles. The number of hydrogen-bond acceptors (Lipinski definition) is 5. The molecule has 0 saturated carbocycles. The first kappa shape index (κ1) is 21.3. The molecule has 1 heterocycles. The average Bonchev–Trinajstić information content (AvgIpc) is 3.21. The standard InChI is InChI=1S/C21H17ClN2O3S2/c1-24(17-7-3-5-15(22)11-17)21(25)20(29-13-28)12-18-8-9-19(27-18)14-4-2-6-16(10-14)23-26/h2-13,23,26H,1H3/p+1/b20-12+. The molecule has 3 rings (SSSR count). The largest absolute Gasteiger partial charge is 0.457 e. The number of furan rings is 1. The van der Waals surface area contributed by atoms with Crippen molar-refractivity contribution < 1.29 is 19.9 Å². The number of benzene rings is 2. The highest BCUT2D eigenvalue weighted by Crippen LogP contribution is 2.28. The number of thiocarbonyl (C=S) groups is 1. The van der Waals surface area contributed by atoms with E-state index in [1.807, 2.05) is 18.2 Å². The molecule has 0 bridgehead atoms. The monoisotopic (exact) mass is 445 g/mol. The molecular formula is C21H18ClN2O3S2+. The summed E-state index contributed by atoms with van der Waals surface area (Å²) in [5, 5.41) is 9.73. The lowest BCUT2D eigenvalue weighted by Gasteiger charge is -2.18. The van der Waals surface area contributed by atoms with Crippen LogP contribution >= 0.6 is 35.6 Å². The topological polar surface area (TPSA) is 70.3 Å². The van der Waals surface area contributed by atoms with Crippen LogP contribution in [-0.2, 0) is 4.79 Å². The Morgan fingerprint density at radius 2 is 2.00 bits per heavy atom. The molecule has 5 nitrogen and oxygen atoms in total. The molecule has 0 unspecified atom stereocenters. The number of anilines is 1. The van der Waals surface area contributed by atoms with Crippen molar-refractivity contribution in [2.75, 3.05) is 11.9 Å². The summed E-state index contributed by atoms with van der Waals surface area (Å²) in [5.41, 5.74) is 3.20. The third kappa shape index (κ3) is 5.35. The minimum atomic E-state index is -0.229. The van der Waals surface area contributed by atoms with Gasteiger partial charge in [-0.1, -0.05) is 53.8 Å². The van der Waals surface area contributed by atoms with E-state index in [-0.39, 0.29) is 5.91 Å². The molecule has 0 atom stereocenters. The van der Waals surface area contributed by atoms with Crippen LogP contribution in [0.15, 0.2) is 70.0 Å². The molecule has 148 valence electrons. The molecule has 3 aromatic rings. The minimum absolute atomic E-state index is 0.229. The number of amides is 1. The number of nitrogens with zero attached hydrogens (tertiary/aromatic N) is 1. The molecule has 1 aromatic heterocycles. The summed E-state index contributed by atoms with van der Waals surface area (Å²) >= 11 is 12.1. The molecule has 0 aliphatic carbocycles. The van der Waals surface area contributed by atoms with E-state index in [1.165, 1.54) is 9.60 Å². The minimum Gasteiger partial charge on any atom is -0.457 e.